The van der Waals surface area contributed by atoms with Gasteiger partial charge < -0.3 is 21.5 Å². The lowest BCUT2D eigenvalue weighted by atomic mass is 10.1. The van der Waals surface area contributed by atoms with Gasteiger partial charge in [0.2, 0.25) is 0 Å². The average molecular weight is 399 g/mol. The lowest BCUT2D eigenvalue weighted by molar-refractivity contribution is -0.114. The van der Waals surface area contributed by atoms with E-state index in [-0.39, 0.29) is 12.3 Å². The largest absolute Gasteiger partial charge is 0.404 e. The number of allylic oxidation sites excluding steroid dienone is 1. The van der Waals surface area contributed by atoms with Gasteiger partial charge in [0.1, 0.15) is 11.5 Å². The Morgan fingerprint density at radius 1 is 1.38 bits per heavy atom. The van der Waals surface area contributed by atoms with Crippen LogP contribution in [0.4, 0.5) is 0 Å². The van der Waals surface area contributed by atoms with E-state index < -0.39 is 11.9 Å². The second-order valence-corrected chi connectivity index (χ2v) is 6.43. The van der Waals surface area contributed by atoms with Crippen LogP contribution in [0, 0.1) is 0 Å². The van der Waals surface area contributed by atoms with E-state index in [1.807, 2.05) is 6.07 Å². The van der Waals surface area contributed by atoms with Crippen molar-refractivity contribution in [2.75, 3.05) is 6.61 Å². The molecule has 0 bridgehead atoms. The topological polar surface area (TPSA) is 99.7 Å². The molecule has 1 unspecified atom stereocenters. The van der Waals surface area contributed by atoms with E-state index in [4.69, 9.17) is 34.0 Å². The van der Waals surface area contributed by atoms with Gasteiger partial charge in [-0.3, -0.25) is 9.79 Å². The first kappa shape index (κ1) is 22.0. The van der Waals surface area contributed by atoms with Gasteiger partial charge in [0.25, 0.3) is 5.91 Å². The van der Waals surface area contributed by atoms with E-state index in [2.05, 4.69) is 15.6 Å². The van der Waals surface area contributed by atoms with E-state index in [1.54, 1.807) is 39.0 Å². The highest BCUT2D eigenvalue weighted by molar-refractivity contribution is 6.45. The molecule has 0 aromatic heterocycles. The molecule has 1 aromatic rings. The summed E-state index contributed by atoms with van der Waals surface area (Å²) in [4.78, 5) is 16.7. The van der Waals surface area contributed by atoms with Crippen LogP contribution in [0.5, 0.6) is 0 Å². The molecule has 1 atom stereocenters. The van der Waals surface area contributed by atoms with E-state index in [0.29, 0.717) is 28.0 Å². The molecular weight excluding hydrogens is 375 g/mol. The summed E-state index contributed by atoms with van der Waals surface area (Å²) < 4.78 is 0. The van der Waals surface area contributed by atoms with Crippen LogP contribution in [0.2, 0.25) is 10.0 Å². The molecule has 0 heterocycles. The molecule has 0 saturated carbocycles. The molecular formula is C18H24Cl2N4O2. The number of amides is 1. The van der Waals surface area contributed by atoms with Gasteiger partial charge in [-0.15, -0.1) is 0 Å². The third-order valence-electron chi connectivity index (χ3n) is 3.46. The number of aliphatic hydroxyl groups excluding tert-OH is 1. The average Bonchev–Trinajstić information content (AvgIpc) is 2.64. The maximum atomic E-state index is 12.5. The number of carbonyl (C=O) groups excluding carboxylic acids is 1. The molecule has 6 nitrogen and oxygen atoms in total. The number of rotatable bonds is 8. The number of halogens is 2. The van der Waals surface area contributed by atoms with Crippen molar-refractivity contribution in [2.45, 2.75) is 33.4 Å². The highest BCUT2D eigenvalue weighted by atomic mass is 35.5. The maximum absolute atomic E-state index is 12.5. The first-order chi connectivity index (χ1) is 12.3. The number of nitrogens with two attached hydrogens (primary N) is 1. The van der Waals surface area contributed by atoms with Crippen molar-refractivity contribution >= 4 is 34.8 Å². The monoisotopic (exact) mass is 398 g/mol. The molecule has 26 heavy (non-hydrogen) atoms. The Morgan fingerprint density at radius 2 is 2.08 bits per heavy atom. The van der Waals surface area contributed by atoms with Crippen molar-refractivity contribution in [1.82, 2.24) is 10.6 Å². The molecule has 0 spiro atoms. The minimum Gasteiger partial charge on any atom is -0.404 e. The standard InChI is InChI=1S/C18H24Cl2N4O2/c1-4-16(22-9-13-5-6-14(19)15(20)7-13)24-18(26)17(11(2)8-21)23-12(3)10-25/h4-8,12,22,25H,9-10,21H2,1-3H3,(H,24,26)/b11-8-,16-4?,23-17?. The number of aliphatic imine (C=N–C) groups is 1. The summed E-state index contributed by atoms with van der Waals surface area (Å²) in [6, 6.07) is 4.89. The van der Waals surface area contributed by atoms with Crippen LogP contribution in [0.3, 0.4) is 0 Å². The number of benzene rings is 1. The summed E-state index contributed by atoms with van der Waals surface area (Å²) in [5.41, 5.74) is 7.11. The fraction of sp³-hybridized carbons (Fsp3) is 0.333. The number of hydrogen-bond donors (Lipinski definition) is 4. The molecule has 5 N–H and O–H groups in total. The van der Waals surface area contributed by atoms with E-state index in [9.17, 15) is 4.79 Å². The molecule has 1 amide bonds. The number of hydrogen-bond acceptors (Lipinski definition) is 5. The number of nitrogens with one attached hydrogen (secondary N) is 2. The second-order valence-electron chi connectivity index (χ2n) is 5.62. The van der Waals surface area contributed by atoms with Crippen LogP contribution < -0.4 is 16.4 Å². The van der Waals surface area contributed by atoms with E-state index in [0.717, 1.165) is 5.56 Å². The van der Waals surface area contributed by atoms with Crippen LogP contribution >= 0.6 is 23.2 Å². The zero-order valence-corrected chi connectivity index (χ0v) is 16.5. The smallest absolute Gasteiger partial charge is 0.275 e. The van der Waals surface area contributed by atoms with Gasteiger partial charge >= 0.3 is 0 Å². The summed E-state index contributed by atoms with van der Waals surface area (Å²) >= 11 is 11.9. The normalized spacial score (nSPS) is 14.2. The highest BCUT2D eigenvalue weighted by Crippen LogP contribution is 2.22. The molecule has 0 radical (unpaired) electrons. The quantitative estimate of drug-likeness (QED) is 0.505. The zero-order valence-electron chi connectivity index (χ0n) is 15.0. The summed E-state index contributed by atoms with van der Waals surface area (Å²) in [6.07, 6.45) is 3.03. The molecule has 1 rings (SSSR count). The molecule has 0 aliphatic carbocycles. The van der Waals surface area contributed by atoms with Crippen LogP contribution in [-0.2, 0) is 11.3 Å². The van der Waals surface area contributed by atoms with Gasteiger partial charge in [-0.2, -0.15) is 0 Å². The summed E-state index contributed by atoms with van der Waals surface area (Å²) in [6.45, 7) is 5.45. The molecule has 0 aliphatic rings. The molecule has 0 aliphatic heterocycles. The van der Waals surface area contributed by atoms with Crippen molar-refractivity contribution in [3.8, 4) is 0 Å². The van der Waals surface area contributed by atoms with Gasteiger partial charge in [-0.25, -0.2) is 0 Å². The van der Waals surface area contributed by atoms with E-state index >= 15 is 0 Å². The van der Waals surface area contributed by atoms with Gasteiger partial charge in [0.15, 0.2) is 0 Å². The van der Waals surface area contributed by atoms with Gasteiger partial charge in [-0.1, -0.05) is 29.3 Å². The Kier molecular flexibility index (Phi) is 9.19. The Morgan fingerprint density at radius 3 is 2.62 bits per heavy atom. The van der Waals surface area contributed by atoms with Gasteiger partial charge in [-0.05, 0) is 56.3 Å². The number of carbonyl (C=O) groups is 1. The van der Waals surface area contributed by atoms with Gasteiger partial charge in [0, 0.05) is 6.54 Å². The third kappa shape index (κ3) is 6.71. The minimum atomic E-state index is -0.417. The van der Waals surface area contributed by atoms with Gasteiger partial charge in [0.05, 0.1) is 22.7 Å². The lowest BCUT2D eigenvalue weighted by Crippen LogP contribution is -2.37. The Hall–Kier alpha value is -2.02. The van der Waals surface area contributed by atoms with Crippen molar-refractivity contribution in [2.24, 2.45) is 10.7 Å². The van der Waals surface area contributed by atoms with Crippen LogP contribution in [0.25, 0.3) is 0 Å². The second kappa shape index (κ2) is 10.9. The van der Waals surface area contributed by atoms with Crippen LogP contribution in [0.1, 0.15) is 26.3 Å². The molecule has 1 aromatic carbocycles. The Bertz CT molecular complexity index is 730. The summed E-state index contributed by atoms with van der Waals surface area (Å²) in [7, 11) is 0. The third-order valence-corrected chi connectivity index (χ3v) is 4.20. The maximum Gasteiger partial charge on any atom is 0.275 e. The fourth-order valence-corrected chi connectivity index (χ4v) is 2.25. The lowest BCUT2D eigenvalue weighted by Gasteiger charge is -2.15. The summed E-state index contributed by atoms with van der Waals surface area (Å²) in [5, 5.41) is 16.0. The zero-order chi connectivity index (χ0) is 19.7. The van der Waals surface area contributed by atoms with Crippen molar-refractivity contribution in [3.05, 3.63) is 57.5 Å². The van der Waals surface area contributed by atoms with Crippen molar-refractivity contribution < 1.29 is 9.90 Å². The van der Waals surface area contributed by atoms with Crippen LogP contribution in [0.15, 0.2) is 46.9 Å². The number of nitrogens with zero attached hydrogens (tertiary/aromatic N) is 1. The van der Waals surface area contributed by atoms with Crippen molar-refractivity contribution in [1.29, 1.82) is 0 Å². The highest BCUT2D eigenvalue weighted by Gasteiger charge is 2.16. The molecule has 0 fully saturated rings. The Balaban J connectivity index is 2.83. The molecule has 0 saturated heterocycles. The first-order valence-electron chi connectivity index (χ1n) is 8.05. The predicted octanol–water partition coefficient (Wildman–Crippen LogP) is 2.74. The van der Waals surface area contributed by atoms with Crippen molar-refractivity contribution in [3.63, 3.8) is 0 Å². The molecule has 8 heteroatoms. The SMILES string of the molecule is CC=C(NCc1ccc(Cl)c(Cl)c1)NC(=O)C(=NC(C)CO)/C(C)=C\N. The summed E-state index contributed by atoms with van der Waals surface area (Å²) in [5.74, 6) is 0.0921. The minimum absolute atomic E-state index is 0.166. The fourth-order valence-electron chi connectivity index (χ4n) is 1.93. The van der Waals surface area contributed by atoms with Crippen LogP contribution in [-0.4, -0.2) is 29.4 Å². The van der Waals surface area contributed by atoms with E-state index in [1.165, 1.54) is 6.20 Å². The first-order valence-corrected chi connectivity index (χ1v) is 8.80. The molecule has 142 valence electrons. The predicted molar refractivity (Wildman–Crippen MR) is 107 cm³/mol. The Labute approximate surface area is 163 Å². The number of aliphatic hydroxyl groups is 1.